The fourth-order valence-electron chi connectivity index (χ4n) is 2.91. The zero-order valence-corrected chi connectivity index (χ0v) is 8.56. The number of Topliss-reactive ketones (excluding diaryl/α,β-unsaturated/α-hetero) is 1. The lowest BCUT2D eigenvalue weighted by Crippen LogP contribution is -2.26. The van der Waals surface area contributed by atoms with E-state index < -0.39 is 0 Å². The van der Waals surface area contributed by atoms with Gasteiger partial charge < -0.3 is 0 Å². The Labute approximate surface area is 78.5 Å². The largest absolute Gasteiger partial charge is 0.298 e. The molecule has 0 N–H and O–H groups in total. The van der Waals surface area contributed by atoms with Crippen LogP contribution in [0.25, 0.3) is 0 Å². The van der Waals surface area contributed by atoms with E-state index in [4.69, 9.17) is 11.6 Å². The monoisotopic (exact) mass is 186 g/mol. The average Bonchev–Trinajstić information content (AvgIpc) is 2.71. The van der Waals surface area contributed by atoms with E-state index in [9.17, 15) is 4.79 Å². The van der Waals surface area contributed by atoms with Crippen LogP contribution in [0.5, 0.6) is 0 Å². The summed E-state index contributed by atoms with van der Waals surface area (Å²) in [4.78, 5) is 11.5. The Kier molecular flexibility index (Phi) is 1.61. The zero-order valence-electron chi connectivity index (χ0n) is 7.80. The Morgan fingerprint density at radius 1 is 1.58 bits per heavy atom. The molecule has 0 aliphatic heterocycles. The second-order valence-electron chi connectivity index (χ2n) is 4.63. The normalized spacial score (nSPS) is 51.4. The second-order valence-corrected chi connectivity index (χ2v) is 5.07. The zero-order chi connectivity index (χ0) is 9.09. The molecule has 4 atom stereocenters. The van der Waals surface area contributed by atoms with Crippen LogP contribution in [0.15, 0.2) is 0 Å². The van der Waals surface area contributed by atoms with Gasteiger partial charge in [0, 0.05) is 5.92 Å². The predicted octanol–water partition coefficient (Wildman–Crippen LogP) is 2.47. The molecule has 2 saturated carbocycles. The van der Waals surface area contributed by atoms with Crippen molar-refractivity contribution in [2.75, 3.05) is 0 Å². The van der Waals surface area contributed by atoms with Gasteiger partial charge in [-0.3, -0.25) is 4.79 Å². The van der Waals surface area contributed by atoms with Gasteiger partial charge >= 0.3 is 0 Å². The SMILES string of the molecule is CC(C)[C@@]12C[C@@H]1[C@@H](C)C(=O)[C@@H]2Cl. The van der Waals surface area contributed by atoms with Crippen LogP contribution in [-0.4, -0.2) is 11.2 Å². The first-order valence-electron chi connectivity index (χ1n) is 4.69. The van der Waals surface area contributed by atoms with Crippen LogP contribution < -0.4 is 0 Å². The summed E-state index contributed by atoms with van der Waals surface area (Å²) in [6.07, 6.45) is 1.17. The van der Waals surface area contributed by atoms with Crippen LogP contribution in [0.2, 0.25) is 0 Å². The molecule has 0 radical (unpaired) electrons. The molecule has 2 aliphatic carbocycles. The lowest BCUT2D eigenvalue weighted by molar-refractivity contribution is -0.121. The van der Waals surface area contributed by atoms with Crippen molar-refractivity contribution in [1.29, 1.82) is 0 Å². The number of rotatable bonds is 1. The number of carbonyl (C=O) groups is 1. The second kappa shape index (κ2) is 2.25. The van der Waals surface area contributed by atoms with Gasteiger partial charge in [0.2, 0.25) is 0 Å². The number of ketones is 1. The van der Waals surface area contributed by atoms with E-state index in [1.807, 2.05) is 6.92 Å². The molecule has 2 aliphatic rings. The minimum atomic E-state index is -0.197. The molecule has 0 spiro atoms. The topological polar surface area (TPSA) is 17.1 Å². The predicted molar refractivity (Wildman–Crippen MR) is 49.2 cm³/mol. The molecule has 0 heterocycles. The molecule has 2 fully saturated rings. The summed E-state index contributed by atoms with van der Waals surface area (Å²) < 4.78 is 0. The highest BCUT2D eigenvalue weighted by molar-refractivity contribution is 6.33. The van der Waals surface area contributed by atoms with Gasteiger partial charge in [0.1, 0.15) is 0 Å². The molecule has 0 unspecified atom stereocenters. The molecule has 0 aromatic heterocycles. The number of hydrogen-bond acceptors (Lipinski definition) is 1. The van der Waals surface area contributed by atoms with E-state index in [-0.39, 0.29) is 22.5 Å². The summed E-state index contributed by atoms with van der Waals surface area (Å²) in [6.45, 7) is 6.39. The summed E-state index contributed by atoms with van der Waals surface area (Å²) in [7, 11) is 0. The summed E-state index contributed by atoms with van der Waals surface area (Å²) in [5, 5.41) is -0.197. The van der Waals surface area contributed by atoms with Gasteiger partial charge in [-0.25, -0.2) is 0 Å². The maximum Gasteiger partial charge on any atom is 0.154 e. The maximum atomic E-state index is 11.5. The van der Waals surface area contributed by atoms with Crippen molar-refractivity contribution in [3.8, 4) is 0 Å². The highest BCUT2D eigenvalue weighted by Crippen LogP contribution is 2.69. The van der Waals surface area contributed by atoms with Crippen molar-refractivity contribution < 1.29 is 4.79 Å². The molecule has 2 heteroatoms. The number of halogens is 1. The first kappa shape index (κ1) is 8.55. The molecule has 68 valence electrons. The van der Waals surface area contributed by atoms with Crippen molar-refractivity contribution in [1.82, 2.24) is 0 Å². The highest BCUT2D eigenvalue weighted by atomic mass is 35.5. The molecule has 0 saturated heterocycles. The Hall–Kier alpha value is -0.0400. The molecular formula is C10H15ClO. The third-order valence-electron chi connectivity index (χ3n) is 3.95. The third-order valence-corrected chi connectivity index (χ3v) is 4.57. The van der Waals surface area contributed by atoms with Crippen molar-refractivity contribution in [3.63, 3.8) is 0 Å². The van der Waals surface area contributed by atoms with Crippen molar-refractivity contribution >= 4 is 17.4 Å². The van der Waals surface area contributed by atoms with Gasteiger partial charge in [-0.05, 0) is 23.7 Å². The first-order chi connectivity index (χ1) is 5.51. The smallest absolute Gasteiger partial charge is 0.154 e. The van der Waals surface area contributed by atoms with E-state index in [2.05, 4.69) is 13.8 Å². The molecule has 0 aromatic carbocycles. The fraction of sp³-hybridized carbons (Fsp3) is 0.900. The van der Waals surface area contributed by atoms with Crippen LogP contribution >= 0.6 is 11.6 Å². The van der Waals surface area contributed by atoms with Crippen molar-refractivity contribution in [2.24, 2.45) is 23.2 Å². The highest BCUT2D eigenvalue weighted by Gasteiger charge is 2.70. The minimum Gasteiger partial charge on any atom is -0.298 e. The van der Waals surface area contributed by atoms with Gasteiger partial charge in [0.15, 0.2) is 5.78 Å². The molecule has 1 nitrogen and oxygen atoms in total. The Morgan fingerprint density at radius 3 is 2.42 bits per heavy atom. The van der Waals surface area contributed by atoms with Crippen LogP contribution in [0, 0.1) is 23.2 Å². The van der Waals surface area contributed by atoms with Gasteiger partial charge in [-0.2, -0.15) is 0 Å². The average molecular weight is 187 g/mol. The number of hydrogen-bond donors (Lipinski definition) is 0. The summed E-state index contributed by atoms with van der Waals surface area (Å²) >= 11 is 6.15. The van der Waals surface area contributed by atoms with Crippen LogP contribution in [0.4, 0.5) is 0 Å². The Morgan fingerprint density at radius 2 is 2.17 bits per heavy atom. The van der Waals surface area contributed by atoms with Gasteiger partial charge in [-0.1, -0.05) is 20.8 Å². The maximum absolute atomic E-state index is 11.5. The van der Waals surface area contributed by atoms with E-state index >= 15 is 0 Å². The Bertz CT molecular complexity index is 236. The van der Waals surface area contributed by atoms with E-state index in [0.717, 1.165) is 0 Å². The molecule has 12 heavy (non-hydrogen) atoms. The Balaban J connectivity index is 2.30. The van der Waals surface area contributed by atoms with E-state index in [0.29, 0.717) is 11.8 Å². The van der Waals surface area contributed by atoms with Gasteiger partial charge in [0.05, 0.1) is 5.38 Å². The van der Waals surface area contributed by atoms with Crippen LogP contribution in [0.3, 0.4) is 0 Å². The number of fused-ring (bicyclic) bond motifs is 1. The van der Waals surface area contributed by atoms with Crippen molar-refractivity contribution in [3.05, 3.63) is 0 Å². The molecule has 2 rings (SSSR count). The molecule has 0 aromatic rings. The molecule has 0 amide bonds. The van der Waals surface area contributed by atoms with Crippen LogP contribution in [0.1, 0.15) is 27.2 Å². The number of carbonyl (C=O) groups excluding carboxylic acids is 1. The quantitative estimate of drug-likeness (QED) is 0.575. The summed E-state index contributed by atoms with van der Waals surface area (Å²) in [5.41, 5.74) is 0.179. The van der Waals surface area contributed by atoms with Crippen LogP contribution in [-0.2, 0) is 4.79 Å². The summed E-state index contributed by atoms with van der Waals surface area (Å²) in [6, 6.07) is 0. The molecule has 0 bridgehead atoms. The standard InChI is InChI=1S/C10H15ClO/c1-5(2)10-4-7(10)6(3)8(12)9(10)11/h5-7,9H,4H2,1-3H3/t6-,7-,9+,10+/m1/s1. The van der Waals surface area contributed by atoms with E-state index in [1.165, 1.54) is 6.42 Å². The molecular weight excluding hydrogens is 172 g/mol. The van der Waals surface area contributed by atoms with E-state index in [1.54, 1.807) is 0 Å². The fourth-order valence-corrected chi connectivity index (χ4v) is 3.61. The van der Waals surface area contributed by atoms with Gasteiger partial charge in [-0.15, -0.1) is 11.6 Å². The van der Waals surface area contributed by atoms with Gasteiger partial charge in [0.25, 0.3) is 0 Å². The lowest BCUT2D eigenvalue weighted by Gasteiger charge is -2.20. The van der Waals surface area contributed by atoms with Crippen molar-refractivity contribution in [2.45, 2.75) is 32.6 Å². The summed E-state index contributed by atoms with van der Waals surface area (Å²) in [5.74, 6) is 1.64. The number of alkyl halides is 1. The lowest BCUT2D eigenvalue weighted by atomic mass is 9.89. The minimum absolute atomic E-state index is 0.179. The third kappa shape index (κ3) is 0.736. The first-order valence-corrected chi connectivity index (χ1v) is 5.13.